The molecule has 0 amide bonds. The molecule has 0 aromatic carbocycles. The largest absolute Gasteiger partial charge is 0.380 e. The zero-order chi connectivity index (χ0) is 13.5. The molecule has 2 nitrogen and oxygen atoms in total. The highest BCUT2D eigenvalue weighted by atomic mass is 16.5. The third kappa shape index (κ3) is 5.27. The molecule has 2 rings (SSSR count). The van der Waals surface area contributed by atoms with E-state index in [1.54, 1.807) is 0 Å². The zero-order valence-corrected chi connectivity index (χ0v) is 12.7. The lowest BCUT2D eigenvalue weighted by atomic mass is 9.85. The van der Waals surface area contributed by atoms with Crippen LogP contribution in [-0.2, 0) is 4.74 Å². The van der Waals surface area contributed by atoms with E-state index in [9.17, 15) is 0 Å². The molecular weight excluding hydrogens is 234 g/mol. The second kappa shape index (κ2) is 8.06. The minimum atomic E-state index is 0.737. The van der Waals surface area contributed by atoms with Gasteiger partial charge in [0, 0.05) is 12.6 Å². The number of nitrogens with one attached hydrogen (secondary N) is 1. The van der Waals surface area contributed by atoms with E-state index in [4.69, 9.17) is 4.74 Å². The van der Waals surface area contributed by atoms with Crippen LogP contribution in [0.15, 0.2) is 12.2 Å². The van der Waals surface area contributed by atoms with Gasteiger partial charge in [0.15, 0.2) is 0 Å². The average Bonchev–Trinajstić information content (AvgIpc) is 2.42. The van der Waals surface area contributed by atoms with Crippen LogP contribution < -0.4 is 5.32 Å². The second-order valence-corrected chi connectivity index (χ2v) is 6.67. The summed E-state index contributed by atoms with van der Waals surface area (Å²) < 4.78 is 5.86. The first kappa shape index (κ1) is 15.1. The molecule has 2 atom stereocenters. The molecule has 0 aromatic heterocycles. The van der Waals surface area contributed by atoms with E-state index in [0.29, 0.717) is 0 Å². The minimum Gasteiger partial charge on any atom is -0.380 e. The predicted molar refractivity (Wildman–Crippen MR) is 81.3 cm³/mol. The molecule has 0 spiro atoms. The molecule has 2 unspecified atom stereocenters. The Morgan fingerprint density at radius 2 is 1.79 bits per heavy atom. The predicted octanol–water partition coefficient (Wildman–Crippen LogP) is 3.77. The Balaban J connectivity index is 1.49. The maximum atomic E-state index is 5.86. The SMILES string of the molecule is CC1CCC(NCCOCC2CC=CCC2C)CC1. The van der Waals surface area contributed by atoms with Crippen molar-refractivity contribution in [2.24, 2.45) is 17.8 Å². The van der Waals surface area contributed by atoms with E-state index >= 15 is 0 Å². The summed E-state index contributed by atoms with van der Waals surface area (Å²) in [5, 5.41) is 3.65. The molecule has 0 heterocycles. The van der Waals surface area contributed by atoms with E-state index in [1.165, 1.54) is 38.5 Å². The van der Waals surface area contributed by atoms with E-state index < -0.39 is 0 Å². The summed E-state index contributed by atoms with van der Waals surface area (Å²) in [6.07, 6.45) is 12.6. The third-order valence-electron chi connectivity index (χ3n) is 4.95. The first-order chi connectivity index (χ1) is 9.25. The van der Waals surface area contributed by atoms with Crippen LogP contribution in [0.2, 0.25) is 0 Å². The Bertz CT molecular complexity index is 268. The maximum Gasteiger partial charge on any atom is 0.0591 e. The number of ether oxygens (including phenoxy) is 1. The van der Waals surface area contributed by atoms with Gasteiger partial charge in [-0.25, -0.2) is 0 Å². The van der Waals surface area contributed by atoms with E-state index in [0.717, 1.165) is 43.6 Å². The van der Waals surface area contributed by atoms with Gasteiger partial charge in [-0.15, -0.1) is 0 Å². The molecule has 1 N–H and O–H groups in total. The van der Waals surface area contributed by atoms with E-state index in [2.05, 4.69) is 31.3 Å². The maximum absolute atomic E-state index is 5.86. The smallest absolute Gasteiger partial charge is 0.0591 e. The van der Waals surface area contributed by atoms with Crippen molar-refractivity contribution < 1.29 is 4.74 Å². The van der Waals surface area contributed by atoms with E-state index in [1.807, 2.05) is 0 Å². The first-order valence-corrected chi connectivity index (χ1v) is 8.22. The molecule has 1 fully saturated rings. The average molecular weight is 265 g/mol. The molecule has 0 radical (unpaired) electrons. The van der Waals surface area contributed by atoms with Crippen molar-refractivity contribution in [3.8, 4) is 0 Å². The van der Waals surface area contributed by atoms with Crippen molar-refractivity contribution >= 4 is 0 Å². The van der Waals surface area contributed by atoms with Crippen LogP contribution in [0.3, 0.4) is 0 Å². The van der Waals surface area contributed by atoms with Gasteiger partial charge in [0.2, 0.25) is 0 Å². The Kier molecular flexibility index (Phi) is 6.39. The zero-order valence-electron chi connectivity index (χ0n) is 12.7. The van der Waals surface area contributed by atoms with Crippen molar-refractivity contribution in [3.63, 3.8) is 0 Å². The number of allylic oxidation sites excluding steroid dienone is 2. The summed E-state index contributed by atoms with van der Waals surface area (Å²) in [6, 6.07) is 0.747. The summed E-state index contributed by atoms with van der Waals surface area (Å²) in [4.78, 5) is 0. The van der Waals surface area contributed by atoms with Crippen molar-refractivity contribution in [2.75, 3.05) is 19.8 Å². The van der Waals surface area contributed by atoms with Crippen molar-refractivity contribution in [1.82, 2.24) is 5.32 Å². The lowest BCUT2D eigenvalue weighted by Gasteiger charge is -2.27. The van der Waals surface area contributed by atoms with Crippen LogP contribution >= 0.6 is 0 Å². The molecule has 2 heteroatoms. The molecule has 0 aliphatic heterocycles. The van der Waals surface area contributed by atoms with Crippen LogP contribution in [0.25, 0.3) is 0 Å². The third-order valence-corrected chi connectivity index (χ3v) is 4.95. The Morgan fingerprint density at radius 3 is 2.53 bits per heavy atom. The quantitative estimate of drug-likeness (QED) is 0.583. The standard InChI is InChI=1S/C17H31NO/c1-14-7-9-17(10-8-14)18-11-12-19-13-16-6-4-3-5-15(16)2/h3-4,14-18H,5-13H2,1-2H3. The molecule has 0 bridgehead atoms. The fourth-order valence-corrected chi connectivity index (χ4v) is 3.27. The van der Waals surface area contributed by atoms with Gasteiger partial charge in [0.25, 0.3) is 0 Å². The van der Waals surface area contributed by atoms with Crippen LogP contribution in [0.5, 0.6) is 0 Å². The summed E-state index contributed by atoms with van der Waals surface area (Å²) >= 11 is 0. The minimum absolute atomic E-state index is 0.737. The topological polar surface area (TPSA) is 21.3 Å². The van der Waals surface area contributed by atoms with Gasteiger partial charge in [-0.2, -0.15) is 0 Å². The molecule has 19 heavy (non-hydrogen) atoms. The highest BCUT2D eigenvalue weighted by molar-refractivity contribution is 4.93. The van der Waals surface area contributed by atoms with Crippen LogP contribution in [0.1, 0.15) is 52.4 Å². The normalized spacial score (nSPS) is 35.5. The Morgan fingerprint density at radius 1 is 1.05 bits per heavy atom. The van der Waals surface area contributed by atoms with Gasteiger partial charge in [0.1, 0.15) is 0 Å². The fraction of sp³-hybridized carbons (Fsp3) is 0.882. The van der Waals surface area contributed by atoms with Crippen LogP contribution in [0.4, 0.5) is 0 Å². The molecule has 0 saturated heterocycles. The van der Waals surface area contributed by atoms with Crippen molar-refractivity contribution in [3.05, 3.63) is 12.2 Å². The van der Waals surface area contributed by atoms with Gasteiger partial charge in [0.05, 0.1) is 13.2 Å². The van der Waals surface area contributed by atoms with E-state index in [-0.39, 0.29) is 0 Å². The fourth-order valence-electron chi connectivity index (χ4n) is 3.27. The Labute approximate surface area is 119 Å². The monoisotopic (exact) mass is 265 g/mol. The summed E-state index contributed by atoms with van der Waals surface area (Å²) in [7, 11) is 0. The molecule has 2 aliphatic rings. The number of rotatable bonds is 6. The summed E-state index contributed by atoms with van der Waals surface area (Å²) in [6.45, 7) is 7.56. The van der Waals surface area contributed by atoms with Gasteiger partial charge >= 0.3 is 0 Å². The van der Waals surface area contributed by atoms with Gasteiger partial charge in [-0.1, -0.05) is 26.0 Å². The van der Waals surface area contributed by atoms with Crippen molar-refractivity contribution in [2.45, 2.75) is 58.4 Å². The molecule has 1 saturated carbocycles. The Hall–Kier alpha value is -0.340. The highest BCUT2D eigenvalue weighted by Gasteiger charge is 2.19. The highest BCUT2D eigenvalue weighted by Crippen LogP contribution is 2.25. The summed E-state index contributed by atoms with van der Waals surface area (Å²) in [5.74, 6) is 2.47. The van der Waals surface area contributed by atoms with Crippen LogP contribution in [-0.4, -0.2) is 25.8 Å². The lowest BCUT2D eigenvalue weighted by Crippen LogP contribution is -2.35. The lowest BCUT2D eigenvalue weighted by molar-refractivity contribution is 0.0785. The van der Waals surface area contributed by atoms with Crippen LogP contribution in [0, 0.1) is 17.8 Å². The van der Waals surface area contributed by atoms with Crippen molar-refractivity contribution in [1.29, 1.82) is 0 Å². The first-order valence-electron chi connectivity index (χ1n) is 8.22. The second-order valence-electron chi connectivity index (χ2n) is 6.67. The molecule has 2 aliphatic carbocycles. The molecule has 0 aromatic rings. The number of hydrogen-bond acceptors (Lipinski definition) is 2. The van der Waals surface area contributed by atoms with Gasteiger partial charge < -0.3 is 10.1 Å². The number of hydrogen-bond donors (Lipinski definition) is 1. The molecule has 110 valence electrons. The van der Waals surface area contributed by atoms with Gasteiger partial charge in [-0.3, -0.25) is 0 Å². The molecular formula is C17H31NO. The van der Waals surface area contributed by atoms with Gasteiger partial charge in [-0.05, 0) is 56.3 Å². The summed E-state index contributed by atoms with van der Waals surface area (Å²) in [5.41, 5.74) is 0.